The van der Waals surface area contributed by atoms with Crippen LogP contribution in [-0.2, 0) is 13.0 Å². The van der Waals surface area contributed by atoms with Gasteiger partial charge in [-0.25, -0.2) is 4.98 Å². The Balaban J connectivity index is 1.73. The number of nitrogens with zero attached hydrogens (tertiary/aromatic N) is 2. The van der Waals surface area contributed by atoms with E-state index in [0.29, 0.717) is 30.4 Å². The van der Waals surface area contributed by atoms with Crippen LogP contribution in [0.5, 0.6) is 11.5 Å². The van der Waals surface area contributed by atoms with Crippen molar-refractivity contribution in [3.8, 4) is 17.6 Å². The van der Waals surface area contributed by atoms with E-state index in [9.17, 15) is 0 Å². The van der Waals surface area contributed by atoms with Gasteiger partial charge in [-0.2, -0.15) is 5.26 Å². The SMILES string of the molecule is COc1ccccc1OCc1nc(C2CC2)c(CC#N)s1. The molecule has 5 heteroatoms. The maximum Gasteiger partial charge on any atom is 0.161 e. The summed E-state index contributed by atoms with van der Waals surface area (Å²) in [4.78, 5) is 5.76. The molecule has 108 valence electrons. The van der Waals surface area contributed by atoms with Gasteiger partial charge in [0.1, 0.15) is 11.6 Å². The van der Waals surface area contributed by atoms with Gasteiger partial charge in [-0.3, -0.25) is 0 Å². The largest absolute Gasteiger partial charge is 0.493 e. The van der Waals surface area contributed by atoms with Gasteiger partial charge in [-0.1, -0.05) is 12.1 Å². The van der Waals surface area contributed by atoms with Gasteiger partial charge in [0.2, 0.25) is 0 Å². The van der Waals surface area contributed by atoms with E-state index in [1.54, 1.807) is 18.4 Å². The fraction of sp³-hybridized carbons (Fsp3) is 0.375. The third-order valence-electron chi connectivity index (χ3n) is 3.40. The molecule has 0 bridgehead atoms. The topological polar surface area (TPSA) is 55.1 Å². The molecule has 0 aliphatic heterocycles. The Morgan fingerprint density at radius 1 is 1.33 bits per heavy atom. The van der Waals surface area contributed by atoms with Crippen molar-refractivity contribution >= 4 is 11.3 Å². The number of aromatic nitrogens is 1. The average molecular weight is 300 g/mol. The van der Waals surface area contributed by atoms with Crippen molar-refractivity contribution in [2.45, 2.75) is 31.8 Å². The van der Waals surface area contributed by atoms with E-state index in [0.717, 1.165) is 15.6 Å². The highest BCUT2D eigenvalue weighted by atomic mass is 32.1. The zero-order chi connectivity index (χ0) is 14.7. The lowest BCUT2D eigenvalue weighted by molar-refractivity contribution is 0.284. The van der Waals surface area contributed by atoms with Crippen molar-refractivity contribution in [3.63, 3.8) is 0 Å². The Labute approximate surface area is 128 Å². The number of hydrogen-bond donors (Lipinski definition) is 0. The molecule has 1 aliphatic rings. The average Bonchev–Trinajstić information content (AvgIpc) is 3.28. The summed E-state index contributed by atoms with van der Waals surface area (Å²) in [6, 6.07) is 9.79. The molecule has 0 spiro atoms. The molecule has 1 aliphatic carbocycles. The molecule has 0 saturated heterocycles. The van der Waals surface area contributed by atoms with E-state index in [-0.39, 0.29) is 0 Å². The van der Waals surface area contributed by atoms with Gasteiger partial charge in [0.25, 0.3) is 0 Å². The van der Waals surface area contributed by atoms with Gasteiger partial charge in [0.05, 0.1) is 25.3 Å². The van der Waals surface area contributed by atoms with Crippen LogP contribution in [0.4, 0.5) is 0 Å². The van der Waals surface area contributed by atoms with Crippen LogP contribution < -0.4 is 9.47 Å². The fourth-order valence-electron chi connectivity index (χ4n) is 2.23. The molecule has 1 fully saturated rings. The minimum absolute atomic E-state index is 0.413. The summed E-state index contributed by atoms with van der Waals surface area (Å²) in [5.74, 6) is 1.99. The predicted octanol–water partition coefficient (Wildman–Crippen LogP) is 3.67. The lowest BCUT2D eigenvalue weighted by Crippen LogP contribution is -1.97. The zero-order valence-corrected chi connectivity index (χ0v) is 12.7. The summed E-state index contributed by atoms with van der Waals surface area (Å²) in [7, 11) is 1.63. The highest BCUT2D eigenvalue weighted by Crippen LogP contribution is 2.43. The van der Waals surface area contributed by atoms with Crippen LogP contribution in [0.15, 0.2) is 24.3 Å². The smallest absolute Gasteiger partial charge is 0.161 e. The minimum atomic E-state index is 0.413. The molecule has 3 rings (SSSR count). The van der Waals surface area contributed by atoms with Gasteiger partial charge in [0, 0.05) is 10.8 Å². The van der Waals surface area contributed by atoms with Gasteiger partial charge in [-0.15, -0.1) is 11.3 Å². The van der Waals surface area contributed by atoms with E-state index in [2.05, 4.69) is 11.1 Å². The van der Waals surface area contributed by atoms with Crippen molar-refractivity contribution in [2.24, 2.45) is 0 Å². The number of benzene rings is 1. The second-order valence-electron chi connectivity index (χ2n) is 4.96. The van der Waals surface area contributed by atoms with E-state index in [1.807, 2.05) is 24.3 Å². The summed E-state index contributed by atoms with van der Waals surface area (Å²) >= 11 is 1.59. The monoisotopic (exact) mass is 300 g/mol. The molecular weight excluding hydrogens is 284 g/mol. The molecule has 1 aromatic carbocycles. The number of ether oxygens (including phenoxy) is 2. The normalized spacial score (nSPS) is 13.7. The van der Waals surface area contributed by atoms with E-state index in [1.165, 1.54) is 12.8 Å². The molecule has 0 amide bonds. The summed E-state index contributed by atoms with van der Waals surface area (Å²) in [6.45, 7) is 0.413. The van der Waals surface area contributed by atoms with Crippen LogP contribution >= 0.6 is 11.3 Å². The second kappa shape index (κ2) is 6.15. The molecular formula is C16H16N2O2S. The van der Waals surface area contributed by atoms with Crippen LogP contribution in [0.2, 0.25) is 0 Å². The first-order valence-electron chi connectivity index (χ1n) is 6.93. The first-order chi connectivity index (χ1) is 10.3. The van der Waals surface area contributed by atoms with Crippen molar-refractivity contribution in [2.75, 3.05) is 7.11 Å². The Morgan fingerprint density at radius 2 is 2.10 bits per heavy atom. The standard InChI is InChI=1S/C16H16N2O2S/c1-19-12-4-2-3-5-13(12)20-10-15-18-16(11-6-7-11)14(21-15)8-9-17/h2-5,11H,6-8,10H2,1H3. The highest BCUT2D eigenvalue weighted by molar-refractivity contribution is 7.11. The summed E-state index contributed by atoms with van der Waals surface area (Å²) in [5, 5.41) is 9.84. The molecule has 2 aromatic rings. The lowest BCUT2D eigenvalue weighted by Gasteiger charge is -2.08. The number of rotatable bonds is 6. The molecule has 0 radical (unpaired) electrons. The van der Waals surface area contributed by atoms with Crippen LogP contribution in [-0.4, -0.2) is 12.1 Å². The van der Waals surface area contributed by atoms with Crippen LogP contribution in [0.25, 0.3) is 0 Å². The Kier molecular flexibility index (Phi) is 4.07. The molecule has 0 atom stereocenters. The zero-order valence-electron chi connectivity index (χ0n) is 11.8. The number of para-hydroxylation sites is 2. The second-order valence-corrected chi connectivity index (χ2v) is 6.13. The maximum absolute atomic E-state index is 8.91. The summed E-state index contributed by atoms with van der Waals surface area (Å²) in [6.07, 6.45) is 2.82. The number of nitriles is 1. The van der Waals surface area contributed by atoms with E-state index >= 15 is 0 Å². The van der Waals surface area contributed by atoms with Crippen molar-refractivity contribution in [3.05, 3.63) is 39.8 Å². The fourth-order valence-corrected chi connectivity index (χ4v) is 3.23. The van der Waals surface area contributed by atoms with E-state index < -0.39 is 0 Å². The van der Waals surface area contributed by atoms with Crippen molar-refractivity contribution < 1.29 is 9.47 Å². The third kappa shape index (κ3) is 3.17. The third-order valence-corrected chi connectivity index (χ3v) is 4.44. The van der Waals surface area contributed by atoms with Crippen LogP contribution in [0, 0.1) is 11.3 Å². The molecule has 1 aromatic heterocycles. The molecule has 4 nitrogen and oxygen atoms in total. The lowest BCUT2D eigenvalue weighted by atomic mass is 10.2. The molecule has 1 saturated carbocycles. The maximum atomic E-state index is 8.91. The van der Waals surface area contributed by atoms with Crippen LogP contribution in [0.3, 0.4) is 0 Å². The first kappa shape index (κ1) is 13.9. The molecule has 0 N–H and O–H groups in total. The van der Waals surface area contributed by atoms with E-state index in [4.69, 9.17) is 14.7 Å². The Hall–Kier alpha value is -2.06. The summed E-state index contributed by atoms with van der Waals surface area (Å²) in [5.41, 5.74) is 1.11. The van der Waals surface area contributed by atoms with Gasteiger partial charge in [0.15, 0.2) is 11.5 Å². The van der Waals surface area contributed by atoms with Crippen molar-refractivity contribution in [1.82, 2.24) is 4.98 Å². The van der Waals surface area contributed by atoms with Gasteiger partial charge in [-0.05, 0) is 25.0 Å². The number of thiazole rings is 1. The number of methoxy groups -OCH3 is 1. The summed E-state index contributed by atoms with van der Waals surface area (Å²) < 4.78 is 11.1. The minimum Gasteiger partial charge on any atom is -0.493 e. The van der Waals surface area contributed by atoms with Crippen molar-refractivity contribution in [1.29, 1.82) is 5.26 Å². The molecule has 1 heterocycles. The molecule has 0 unspecified atom stereocenters. The highest BCUT2D eigenvalue weighted by Gasteiger charge is 2.29. The Bertz CT molecular complexity index is 671. The molecule has 21 heavy (non-hydrogen) atoms. The van der Waals surface area contributed by atoms with Gasteiger partial charge >= 0.3 is 0 Å². The quantitative estimate of drug-likeness (QED) is 0.816. The predicted molar refractivity (Wildman–Crippen MR) is 80.7 cm³/mol. The van der Waals surface area contributed by atoms with Crippen LogP contribution in [0.1, 0.15) is 34.3 Å². The number of hydrogen-bond acceptors (Lipinski definition) is 5. The van der Waals surface area contributed by atoms with Gasteiger partial charge < -0.3 is 9.47 Å². The Morgan fingerprint density at radius 3 is 2.76 bits per heavy atom. The first-order valence-corrected chi connectivity index (χ1v) is 7.74.